The highest BCUT2D eigenvalue weighted by molar-refractivity contribution is 8.00. The molecule has 0 unspecified atom stereocenters. The second-order valence-electron chi connectivity index (χ2n) is 6.62. The van der Waals surface area contributed by atoms with E-state index in [2.05, 4.69) is 10.6 Å². The molecule has 1 aromatic carbocycles. The van der Waals surface area contributed by atoms with Crippen molar-refractivity contribution in [1.82, 2.24) is 5.32 Å². The smallest absolute Gasteiger partial charge is 0.316 e. The Kier molecular flexibility index (Phi) is 9.19. The normalized spacial score (nSPS) is 11.8. The van der Waals surface area contributed by atoms with Crippen LogP contribution in [0.5, 0.6) is 0 Å². The molecule has 0 aliphatic carbocycles. The van der Waals surface area contributed by atoms with Crippen LogP contribution in [0.2, 0.25) is 0 Å². The quantitative estimate of drug-likeness (QED) is 0.644. The zero-order valence-corrected chi connectivity index (χ0v) is 16.9. The van der Waals surface area contributed by atoms with Gasteiger partial charge in [-0.2, -0.15) is 0 Å². The van der Waals surface area contributed by atoms with Gasteiger partial charge in [0.15, 0.2) is 6.61 Å². The average Bonchev–Trinajstić information content (AvgIpc) is 2.55. The fraction of sp³-hybridized carbons (Fsp3) is 0.526. The summed E-state index contributed by atoms with van der Waals surface area (Å²) in [6.45, 7) is 9.51. The second kappa shape index (κ2) is 10.9. The molecule has 0 bridgehead atoms. The Balaban J connectivity index is 2.24. The predicted molar refractivity (Wildman–Crippen MR) is 105 cm³/mol. The number of carbonyl (C=O) groups excluding carboxylic acids is 3. The van der Waals surface area contributed by atoms with Crippen LogP contribution in [0.25, 0.3) is 0 Å². The molecule has 0 spiro atoms. The van der Waals surface area contributed by atoms with Crippen LogP contribution in [0.4, 0.5) is 5.69 Å². The molecule has 144 valence electrons. The average molecular weight is 381 g/mol. The fourth-order valence-corrected chi connectivity index (χ4v) is 2.63. The summed E-state index contributed by atoms with van der Waals surface area (Å²) in [6, 6.07) is 5.80. The molecule has 0 saturated carbocycles. The van der Waals surface area contributed by atoms with Gasteiger partial charge < -0.3 is 15.4 Å². The van der Waals surface area contributed by atoms with Crippen molar-refractivity contribution < 1.29 is 19.1 Å². The summed E-state index contributed by atoms with van der Waals surface area (Å²) in [5.41, 5.74) is 2.88. The summed E-state index contributed by atoms with van der Waals surface area (Å²) in [5, 5.41) is 5.58. The van der Waals surface area contributed by atoms with E-state index in [1.807, 2.05) is 52.8 Å². The van der Waals surface area contributed by atoms with Crippen LogP contribution in [0, 0.1) is 19.8 Å². The molecule has 1 rings (SSSR count). The first kappa shape index (κ1) is 22.0. The third kappa shape index (κ3) is 8.38. The maximum atomic E-state index is 11.9. The maximum Gasteiger partial charge on any atom is 0.316 e. The SMILES string of the molecule is Cc1ccc(NC(=O)CSCC(=O)OCC(=O)N[C@H](C)C(C)C)c(C)c1. The molecule has 0 heterocycles. The number of carbonyl (C=O) groups is 3. The van der Waals surface area contributed by atoms with Crippen molar-refractivity contribution in [2.75, 3.05) is 23.4 Å². The van der Waals surface area contributed by atoms with Crippen LogP contribution in [-0.4, -0.2) is 41.9 Å². The largest absolute Gasteiger partial charge is 0.455 e. The number of rotatable bonds is 9. The van der Waals surface area contributed by atoms with E-state index in [-0.39, 0.29) is 36.0 Å². The fourth-order valence-electron chi connectivity index (χ4n) is 2.02. The van der Waals surface area contributed by atoms with E-state index < -0.39 is 5.97 Å². The summed E-state index contributed by atoms with van der Waals surface area (Å²) in [4.78, 5) is 35.2. The molecule has 1 aromatic rings. The molecular formula is C19H28N2O4S. The minimum Gasteiger partial charge on any atom is -0.455 e. The summed E-state index contributed by atoms with van der Waals surface area (Å²) in [6.07, 6.45) is 0. The summed E-state index contributed by atoms with van der Waals surface area (Å²) >= 11 is 1.15. The Bertz CT molecular complexity index is 646. The number of amides is 2. The first-order valence-electron chi connectivity index (χ1n) is 8.59. The second-order valence-corrected chi connectivity index (χ2v) is 7.61. The molecule has 0 saturated heterocycles. The van der Waals surface area contributed by atoms with E-state index in [4.69, 9.17) is 4.74 Å². The van der Waals surface area contributed by atoms with Gasteiger partial charge in [-0.25, -0.2) is 0 Å². The van der Waals surface area contributed by atoms with Crippen molar-refractivity contribution in [3.8, 4) is 0 Å². The van der Waals surface area contributed by atoms with E-state index in [9.17, 15) is 14.4 Å². The number of esters is 1. The van der Waals surface area contributed by atoms with E-state index in [0.29, 0.717) is 5.92 Å². The molecule has 6 nitrogen and oxygen atoms in total. The number of ether oxygens (including phenoxy) is 1. The standard InChI is InChI=1S/C19H28N2O4S/c1-12(2)15(5)20-17(22)9-25-19(24)11-26-10-18(23)21-16-7-6-13(3)8-14(16)4/h6-8,12,15H,9-11H2,1-5H3,(H,20,22)(H,21,23)/t15-/m1/s1. The van der Waals surface area contributed by atoms with Crippen LogP contribution < -0.4 is 10.6 Å². The summed E-state index contributed by atoms with van der Waals surface area (Å²) in [7, 11) is 0. The van der Waals surface area contributed by atoms with E-state index in [0.717, 1.165) is 28.6 Å². The maximum absolute atomic E-state index is 11.9. The van der Waals surface area contributed by atoms with Crippen molar-refractivity contribution in [3.05, 3.63) is 29.3 Å². The highest BCUT2D eigenvalue weighted by Gasteiger charge is 2.13. The van der Waals surface area contributed by atoms with Gasteiger partial charge in [0, 0.05) is 11.7 Å². The molecular weight excluding hydrogens is 352 g/mol. The lowest BCUT2D eigenvalue weighted by Gasteiger charge is -2.17. The van der Waals surface area contributed by atoms with Crippen molar-refractivity contribution in [1.29, 1.82) is 0 Å². The molecule has 7 heteroatoms. The minimum absolute atomic E-state index is 0.0181. The Morgan fingerprint density at radius 1 is 1.08 bits per heavy atom. The van der Waals surface area contributed by atoms with Gasteiger partial charge in [-0.1, -0.05) is 31.5 Å². The molecule has 1 atom stereocenters. The highest BCUT2D eigenvalue weighted by Crippen LogP contribution is 2.16. The number of hydrogen-bond acceptors (Lipinski definition) is 5. The first-order valence-corrected chi connectivity index (χ1v) is 9.74. The lowest BCUT2D eigenvalue weighted by molar-refractivity contribution is -0.146. The van der Waals surface area contributed by atoms with Gasteiger partial charge >= 0.3 is 5.97 Å². The molecule has 26 heavy (non-hydrogen) atoms. The lowest BCUT2D eigenvalue weighted by atomic mass is 10.1. The van der Waals surface area contributed by atoms with Gasteiger partial charge in [0.1, 0.15) is 0 Å². The zero-order chi connectivity index (χ0) is 19.7. The van der Waals surface area contributed by atoms with Crippen molar-refractivity contribution in [2.45, 2.75) is 40.7 Å². The van der Waals surface area contributed by atoms with Crippen molar-refractivity contribution in [2.24, 2.45) is 5.92 Å². The Morgan fingerprint density at radius 2 is 1.77 bits per heavy atom. The highest BCUT2D eigenvalue weighted by atomic mass is 32.2. The molecule has 0 aromatic heterocycles. The van der Waals surface area contributed by atoms with Crippen molar-refractivity contribution in [3.63, 3.8) is 0 Å². The molecule has 0 aliphatic rings. The lowest BCUT2D eigenvalue weighted by Crippen LogP contribution is -2.38. The van der Waals surface area contributed by atoms with Gasteiger partial charge in [-0.3, -0.25) is 14.4 Å². The van der Waals surface area contributed by atoms with Gasteiger partial charge in [0.05, 0.1) is 11.5 Å². The van der Waals surface area contributed by atoms with Gasteiger partial charge in [-0.15, -0.1) is 11.8 Å². The topological polar surface area (TPSA) is 84.5 Å². The number of thioether (sulfide) groups is 1. The number of hydrogen-bond donors (Lipinski definition) is 2. The molecule has 0 radical (unpaired) electrons. The number of aryl methyl sites for hydroxylation is 2. The number of nitrogens with one attached hydrogen (secondary N) is 2. The van der Waals surface area contributed by atoms with E-state index >= 15 is 0 Å². The number of benzene rings is 1. The predicted octanol–water partition coefficient (Wildman–Crippen LogP) is 2.68. The van der Waals surface area contributed by atoms with Crippen LogP contribution in [0.15, 0.2) is 18.2 Å². The third-order valence-electron chi connectivity index (χ3n) is 3.86. The van der Waals surface area contributed by atoms with Crippen molar-refractivity contribution >= 4 is 35.2 Å². The van der Waals surface area contributed by atoms with Gasteiger partial charge in [0.25, 0.3) is 5.91 Å². The molecule has 2 N–H and O–H groups in total. The Hall–Kier alpha value is -2.02. The zero-order valence-electron chi connectivity index (χ0n) is 16.0. The monoisotopic (exact) mass is 380 g/mol. The van der Waals surface area contributed by atoms with Crippen LogP contribution >= 0.6 is 11.8 Å². The number of anilines is 1. The van der Waals surface area contributed by atoms with E-state index in [1.165, 1.54) is 0 Å². The third-order valence-corrected chi connectivity index (χ3v) is 4.77. The van der Waals surface area contributed by atoms with E-state index in [1.54, 1.807) is 0 Å². The molecule has 2 amide bonds. The summed E-state index contributed by atoms with van der Waals surface area (Å²) < 4.78 is 4.91. The molecule has 0 aliphatic heterocycles. The minimum atomic E-state index is -0.512. The summed E-state index contributed by atoms with van der Waals surface area (Å²) in [5.74, 6) is -0.551. The Labute approximate surface area is 159 Å². The molecule has 0 fully saturated rings. The van der Waals surface area contributed by atoms with Crippen LogP contribution in [0.1, 0.15) is 31.9 Å². The Morgan fingerprint density at radius 3 is 2.38 bits per heavy atom. The van der Waals surface area contributed by atoms with Crippen LogP contribution in [-0.2, 0) is 19.1 Å². The van der Waals surface area contributed by atoms with Crippen LogP contribution in [0.3, 0.4) is 0 Å². The van der Waals surface area contributed by atoms with Gasteiger partial charge in [-0.05, 0) is 38.3 Å². The van der Waals surface area contributed by atoms with Gasteiger partial charge in [0.2, 0.25) is 5.91 Å². The first-order chi connectivity index (χ1) is 12.2.